The van der Waals surface area contributed by atoms with Crippen molar-refractivity contribution in [3.63, 3.8) is 0 Å². The first-order chi connectivity index (χ1) is 15.9. The zero-order valence-electron chi connectivity index (χ0n) is 19.2. The van der Waals surface area contributed by atoms with Crippen LogP contribution >= 0.6 is 0 Å². The number of halogens is 2. The van der Waals surface area contributed by atoms with Gasteiger partial charge in [-0.1, -0.05) is 12.1 Å². The van der Waals surface area contributed by atoms with Crippen molar-refractivity contribution in [1.29, 1.82) is 5.26 Å². The van der Waals surface area contributed by atoms with Crippen LogP contribution in [0.2, 0.25) is 0 Å². The van der Waals surface area contributed by atoms with Crippen LogP contribution in [0.5, 0.6) is 0 Å². The highest BCUT2D eigenvalue weighted by molar-refractivity contribution is 5.79. The van der Waals surface area contributed by atoms with Crippen LogP contribution < -0.4 is 4.90 Å². The maximum Gasteiger partial charge on any atom is 0.225 e. The second kappa shape index (κ2) is 9.44. The predicted octanol–water partition coefficient (Wildman–Crippen LogP) is 4.16. The lowest BCUT2D eigenvalue weighted by Gasteiger charge is -2.41. The first-order valence-corrected chi connectivity index (χ1v) is 11.3. The molecular weight excluding hydrogens is 426 g/mol. The Morgan fingerprint density at radius 3 is 2.70 bits per heavy atom. The zero-order valence-corrected chi connectivity index (χ0v) is 19.2. The highest BCUT2D eigenvalue weighted by Crippen LogP contribution is 2.47. The average molecular weight is 455 g/mol. The monoisotopic (exact) mass is 454 g/mol. The van der Waals surface area contributed by atoms with Gasteiger partial charge in [-0.3, -0.25) is 4.79 Å². The van der Waals surface area contributed by atoms with Crippen LogP contribution in [0.3, 0.4) is 0 Å². The van der Waals surface area contributed by atoms with E-state index in [0.29, 0.717) is 55.2 Å². The molecule has 6 nitrogen and oxygen atoms in total. The van der Waals surface area contributed by atoms with Gasteiger partial charge in [-0.05, 0) is 38.3 Å². The van der Waals surface area contributed by atoms with Gasteiger partial charge < -0.3 is 14.5 Å². The molecular formula is C25H28F2N4O2. The number of anilines is 1. The summed E-state index contributed by atoms with van der Waals surface area (Å²) >= 11 is 0. The molecule has 0 radical (unpaired) electrons. The third-order valence-electron chi connectivity index (χ3n) is 6.52. The van der Waals surface area contributed by atoms with Crippen LogP contribution in [0.25, 0.3) is 11.1 Å². The van der Waals surface area contributed by atoms with Crippen molar-refractivity contribution in [2.75, 3.05) is 38.3 Å². The Bertz CT molecular complexity index is 1110. The fraction of sp³-hybridized carbons (Fsp3) is 0.480. The van der Waals surface area contributed by atoms with Crippen molar-refractivity contribution in [3.8, 4) is 17.2 Å². The number of nitriles is 1. The second-order valence-corrected chi connectivity index (χ2v) is 8.81. The van der Waals surface area contributed by atoms with Gasteiger partial charge in [0.1, 0.15) is 11.9 Å². The van der Waals surface area contributed by atoms with Crippen molar-refractivity contribution >= 4 is 11.7 Å². The Morgan fingerprint density at radius 1 is 1.30 bits per heavy atom. The van der Waals surface area contributed by atoms with Crippen LogP contribution in [0.4, 0.5) is 14.6 Å². The summed E-state index contributed by atoms with van der Waals surface area (Å²) in [5, 5.41) is 10.0. The maximum atomic E-state index is 14.7. The summed E-state index contributed by atoms with van der Waals surface area (Å²) in [5.41, 5.74) is 2.37. The highest BCUT2D eigenvalue weighted by Gasteiger charge is 2.35. The Morgan fingerprint density at radius 2 is 2.06 bits per heavy atom. The Balaban J connectivity index is 1.72. The number of nitrogens with zero attached hydrogens (tertiary/aromatic N) is 4. The van der Waals surface area contributed by atoms with Crippen LogP contribution in [0.15, 0.2) is 18.2 Å². The minimum Gasteiger partial charge on any atom is -0.384 e. The number of ether oxygens (including phenoxy) is 1. The zero-order chi connectivity index (χ0) is 23.7. The lowest BCUT2D eigenvalue weighted by molar-refractivity contribution is -0.134. The highest BCUT2D eigenvalue weighted by atomic mass is 19.2. The number of hydrogen-bond acceptors (Lipinski definition) is 5. The third kappa shape index (κ3) is 4.42. The lowest BCUT2D eigenvalue weighted by atomic mass is 9.93. The van der Waals surface area contributed by atoms with E-state index in [1.807, 2.05) is 16.7 Å². The van der Waals surface area contributed by atoms with Crippen molar-refractivity contribution in [1.82, 2.24) is 9.88 Å². The molecule has 1 atom stereocenters. The van der Waals surface area contributed by atoms with E-state index in [2.05, 4.69) is 6.07 Å². The normalized spacial score (nSPS) is 18.4. The molecule has 2 aliphatic rings. The molecule has 0 N–H and O–H groups in total. The molecule has 1 unspecified atom stereocenters. The largest absolute Gasteiger partial charge is 0.384 e. The summed E-state index contributed by atoms with van der Waals surface area (Å²) in [6.07, 6.45) is 2.20. The molecule has 4 rings (SSSR count). The molecule has 2 fully saturated rings. The average Bonchev–Trinajstić information content (AvgIpc) is 3.64. The van der Waals surface area contributed by atoms with Gasteiger partial charge in [0.25, 0.3) is 0 Å². The van der Waals surface area contributed by atoms with Crippen LogP contribution in [-0.4, -0.2) is 55.2 Å². The summed E-state index contributed by atoms with van der Waals surface area (Å²) < 4.78 is 33.8. The molecule has 1 aliphatic heterocycles. The van der Waals surface area contributed by atoms with Gasteiger partial charge >= 0.3 is 0 Å². The van der Waals surface area contributed by atoms with E-state index < -0.39 is 11.6 Å². The second-order valence-electron chi connectivity index (χ2n) is 8.81. The van der Waals surface area contributed by atoms with Crippen molar-refractivity contribution in [2.45, 2.75) is 45.1 Å². The van der Waals surface area contributed by atoms with Gasteiger partial charge in [0, 0.05) is 49.8 Å². The van der Waals surface area contributed by atoms with Crippen LogP contribution in [-0.2, 0) is 9.53 Å². The van der Waals surface area contributed by atoms with E-state index in [1.165, 1.54) is 6.07 Å². The third-order valence-corrected chi connectivity index (χ3v) is 6.52. The quantitative estimate of drug-likeness (QED) is 0.656. The van der Waals surface area contributed by atoms with E-state index in [1.54, 1.807) is 20.1 Å². The molecule has 1 aromatic heterocycles. The molecule has 33 heavy (non-hydrogen) atoms. The van der Waals surface area contributed by atoms with Gasteiger partial charge in [0.15, 0.2) is 11.6 Å². The molecule has 1 amide bonds. The number of carbonyl (C=O) groups is 1. The summed E-state index contributed by atoms with van der Waals surface area (Å²) in [6.45, 7) is 5.75. The van der Waals surface area contributed by atoms with E-state index in [9.17, 15) is 18.8 Å². The first-order valence-electron chi connectivity index (χ1n) is 11.3. The number of methoxy groups -OCH3 is 1. The van der Waals surface area contributed by atoms with Crippen LogP contribution in [0.1, 0.15) is 48.9 Å². The number of aromatic nitrogens is 1. The van der Waals surface area contributed by atoms with Gasteiger partial charge in [-0.25, -0.2) is 13.8 Å². The van der Waals surface area contributed by atoms with E-state index in [-0.39, 0.29) is 23.4 Å². The number of hydrogen-bond donors (Lipinski definition) is 0. The molecule has 2 aromatic rings. The fourth-order valence-corrected chi connectivity index (χ4v) is 4.62. The first kappa shape index (κ1) is 23.1. The van der Waals surface area contributed by atoms with Gasteiger partial charge in [0.05, 0.1) is 24.3 Å². The topological polar surface area (TPSA) is 69.5 Å². The van der Waals surface area contributed by atoms with Gasteiger partial charge in [0.2, 0.25) is 5.91 Å². The summed E-state index contributed by atoms with van der Waals surface area (Å²) in [5.74, 6) is -1.06. The van der Waals surface area contributed by atoms with Crippen molar-refractivity contribution < 1.29 is 18.3 Å². The van der Waals surface area contributed by atoms with Gasteiger partial charge in [-0.15, -0.1) is 0 Å². The molecule has 0 spiro atoms. The minimum absolute atomic E-state index is 0.0456. The Hall–Kier alpha value is -3.05. The standard InChI is InChI=1S/C25H28F2N4O2/c1-15-14-30(10-11-31(15)21(32)9-12-33-3)25-19(13-28)16(2)22(24(29-25)17-7-8-17)18-5-4-6-20(26)23(18)27/h4-6,15,17H,7-12,14H2,1-3H3. The lowest BCUT2D eigenvalue weighted by Crippen LogP contribution is -2.54. The summed E-state index contributed by atoms with van der Waals surface area (Å²) in [7, 11) is 1.57. The molecule has 1 saturated carbocycles. The Kier molecular flexibility index (Phi) is 6.61. The number of rotatable bonds is 6. The van der Waals surface area contributed by atoms with Crippen molar-refractivity contribution in [3.05, 3.63) is 46.7 Å². The minimum atomic E-state index is -0.919. The fourth-order valence-electron chi connectivity index (χ4n) is 4.62. The number of carbonyl (C=O) groups excluding carboxylic acids is 1. The SMILES string of the molecule is COCCC(=O)N1CCN(c2nc(C3CC3)c(-c3cccc(F)c3F)c(C)c2C#N)CC1C. The van der Waals surface area contributed by atoms with E-state index in [4.69, 9.17) is 9.72 Å². The predicted molar refractivity (Wildman–Crippen MR) is 121 cm³/mol. The van der Waals surface area contributed by atoms with E-state index in [0.717, 1.165) is 24.6 Å². The number of piperazine rings is 1. The smallest absolute Gasteiger partial charge is 0.225 e. The molecule has 174 valence electrons. The summed E-state index contributed by atoms with van der Waals surface area (Å²) in [4.78, 5) is 21.3. The molecule has 1 aliphatic carbocycles. The summed E-state index contributed by atoms with van der Waals surface area (Å²) in [6, 6.07) is 6.31. The molecule has 2 heterocycles. The number of pyridine rings is 1. The number of amides is 1. The molecule has 0 bridgehead atoms. The number of benzene rings is 1. The maximum absolute atomic E-state index is 14.7. The van der Waals surface area contributed by atoms with Gasteiger partial charge in [-0.2, -0.15) is 5.26 Å². The Labute approximate surface area is 192 Å². The van der Waals surface area contributed by atoms with Crippen LogP contribution in [0, 0.1) is 29.9 Å². The van der Waals surface area contributed by atoms with Crippen molar-refractivity contribution in [2.24, 2.45) is 0 Å². The van der Waals surface area contributed by atoms with E-state index >= 15 is 0 Å². The molecule has 1 aromatic carbocycles. The molecule has 1 saturated heterocycles. The molecule has 8 heteroatoms.